The van der Waals surface area contributed by atoms with Gasteiger partial charge in [-0.05, 0) is 74.5 Å². The van der Waals surface area contributed by atoms with Crippen LogP contribution in [0.3, 0.4) is 0 Å². The smallest absolute Gasteiger partial charge is 0.251 e. The van der Waals surface area contributed by atoms with Crippen molar-refractivity contribution >= 4 is 29.2 Å². The Kier molecular flexibility index (Phi) is 7.43. The molecule has 1 aliphatic heterocycles. The van der Waals surface area contributed by atoms with Gasteiger partial charge in [0.05, 0.1) is 0 Å². The van der Waals surface area contributed by atoms with E-state index in [1.807, 2.05) is 6.20 Å². The van der Waals surface area contributed by atoms with Crippen LogP contribution < -0.4 is 10.1 Å². The van der Waals surface area contributed by atoms with E-state index in [1.165, 1.54) is 18.6 Å². The number of hydrogen-bond acceptors (Lipinski definition) is 3. The van der Waals surface area contributed by atoms with E-state index in [0.29, 0.717) is 30.2 Å². The Balaban J connectivity index is 0.00000274. The molecule has 2 aromatic carbocycles. The molecule has 0 radical (unpaired) electrons. The van der Waals surface area contributed by atoms with Crippen LogP contribution >= 0.6 is 12.4 Å². The van der Waals surface area contributed by atoms with Crippen LogP contribution in [0.5, 0.6) is 5.75 Å². The average Bonchev–Trinajstić information content (AvgIpc) is 3.18. The Morgan fingerprint density at radius 1 is 1.21 bits per heavy atom. The van der Waals surface area contributed by atoms with E-state index < -0.39 is 5.82 Å². The fraction of sp³-hybridized carbons (Fsp3) is 0.423. The number of hydrogen-bond donors (Lipinski definition) is 2. The van der Waals surface area contributed by atoms with Gasteiger partial charge in [-0.3, -0.25) is 9.69 Å². The van der Waals surface area contributed by atoms with Crippen molar-refractivity contribution < 1.29 is 18.3 Å². The highest BCUT2D eigenvalue weighted by molar-refractivity contribution is 5.96. The second-order valence-electron chi connectivity index (χ2n) is 9.08. The second kappa shape index (κ2) is 10.3. The summed E-state index contributed by atoms with van der Waals surface area (Å²) in [5.74, 6) is -0.659. The lowest BCUT2D eigenvalue weighted by molar-refractivity contribution is 0.0421. The minimum atomic E-state index is -0.419. The number of H-pyrrole nitrogens is 1. The summed E-state index contributed by atoms with van der Waals surface area (Å²) in [6, 6.07) is 8.25. The van der Waals surface area contributed by atoms with Gasteiger partial charge >= 0.3 is 0 Å². The maximum Gasteiger partial charge on any atom is 0.251 e. The number of fused-ring (bicyclic) bond motifs is 2. The number of nitrogens with zero attached hydrogens (tertiary/aromatic N) is 1. The van der Waals surface area contributed by atoms with Crippen LogP contribution in [0.1, 0.15) is 47.2 Å². The number of carbonyl (C=O) groups excluding carboxylic acids is 1. The fourth-order valence-electron chi connectivity index (χ4n) is 5.18. The van der Waals surface area contributed by atoms with Crippen LogP contribution in [-0.4, -0.2) is 48.1 Å². The van der Waals surface area contributed by atoms with E-state index in [4.69, 9.17) is 4.74 Å². The minimum absolute atomic E-state index is 0. The molecule has 1 fully saturated rings. The van der Waals surface area contributed by atoms with Gasteiger partial charge < -0.3 is 15.0 Å². The summed E-state index contributed by atoms with van der Waals surface area (Å²) in [7, 11) is 1.58. The first-order valence-corrected chi connectivity index (χ1v) is 11.7. The second-order valence-corrected chi connectivity index (χ2v) is 9.08. The van der Waals surface area contributed by atoms with Crippen molar-refractivity contribution in [2.24, 2.45) is 0 Å². The molecular weight excluding hydrogens is 460 g/mol. The number of rotatable bonds is 7. The van der Waals surface area contributed by atoms with Crippen LogP contribution in [0.2, 0.25) is 0 Å². The zero-order valence-electron chi connectivity index (χ0n) is 19.2. The lowest BCUT2D eigenvalue weighted by Gasteiger charge is -2.44. The topological polar surface area (TPSA) is 57.4 Å². The number of aromatic nitrogens is 1. The van der Waals surface area contributed by atoms with Crippen LogP contribution in [0, 0.1) is 11.6 Å². The molecule has 0 saturated heterocycles. The number of benzene rings is 2. The molecule has 1 aromatic heterocycles. The molecule has 0 bridgehead atoms. The number of aromatic amines is 1. The first-order valence-electron chi connectivity index (χ1n) is 11.7. The molecule has 1 atom stereocenters. The maximum atomic E-state index is 14.4. The summed E-state index contributed by atoms with van der Waals surface area (Å²) < 4.78 is 34.0. The zero-order valence-corrected chi connectivity index (χ0v) is 20.0. The number of nitrogens with one attached hydrogen (secondary N) is 2. The molecule has 0 unspecified atom stereocenters. The number of aryl methyl sites for hydroxylation is 1. The molecule has 2 N–H and O–H groups in total. The fourth-order valence-corrected chi connectivity index (χ4v) is 5.18. The van der Waals surface area contributed by atoms with Crippen LogP contribution in [0.4, 0.5) is 8.78 Å². The van der Waals surface area contributed by atoms with E-state index in [0.717, 1.165) is 48.7 Å². The lowest BCUT2D eigenvalue weighted by atomic mass is 9.87. The average molecular weight is 490 g/mol. The summed E-state index contributed by atoms with van der Waals surface area (Å²) >= 11 is 0. The molecule has 3 aromatic rings. The van der Waals surface area contributed by atoms with Crippen molar-refractivity contribution in [3.63, 3.8) is 0 Å². The Morgan fingerprint density at radius 2 is 2.03 bits per heavy atom. The SMILES string of the molecule is CNC(=O)c1ccc(F)c2c1C[C@@H](N(CCCc1c[nH]c3ccc(F)cc13)C1CCC1)CO2.Cl. The van der Waals surface area contributed by atoms with Crippen molar-refractivity contribution in [1.29, 1.82) is 0 Å². The largest absolute Gasteiger partial charge is 0.489 e. The minimum Gasteiger partial charge on any atom is -0.489 e. The molecule has 2 aliphatic rings. The highest BCUT2D eigenvalue weighted by Crippen LogP contribution is 2.35. The normalized spacial score (nSPS) is 17.6. The molecule has 34 heavy (non-hydrogen) atoms. The van der Waals surface area contributed by atoms with Gasteiger partial charge in [0.1, 0.15) is 12.4 Å². The number of amides is 1. The zero-order chi connectivity index (χ0) is 22.9. The number of ether oxygens (including phenoxy) is 1. The molecular formula is C26H30ClF2N3O2. The summed E-state index contributed by atoms with van der Waals surface area (Å²) in [5, 5.41) is 3.58. The molecule has 8 heteroatoms. The van der Waals surface area contributed by atoms with Gasteiger partial charge in [0.2, 0.25) is 0 Å². The van der Waals surface area contributed by atoms with Crippen LogP contribution in [0.15, 0.2) is 36.5 Å². The van der Waals surface area contributed by atoms with Gasteiger partial charge in [0.15, 0.2) is 11.6 Å². The lowest BCUT2D eigenvalue weighted by Crippen LogP contribution is -2.51. The van der Waals surface area contributed by atoms with Crippen LogP contribution in [-0.2, 0) is 12.8 Å². The van der Waals surface area contributed by atoms with E-state index in [1.54, 1.807) is 25.2 Å². The third-order valence-corrected chi connectivity index (χ3v) is 7.15. The standard InChI is InChI=1S/C26H29F2N3O2.ClH/c1-29-26(32)20-8-9-23(28)25-22(20)13-19(15-33-25)31(18-5-2-6-18)11-3-4-16-14-30-24-10-7-17(27)12-21(16)24;/h7-10,12,14,18-19,30H,2-6,11,13,15H2,1H3,(H,29,32);1H/t19-;/m1./s1. The molecule has 1 aliphatic carbocycles. The molecule has 0 spiro atoms. The van der Waals surface area contributed by atoms with Crippen molar-refractivity contribution in [1.82, 2.24) is 15.2 Å². The molecule has 5 nitrogen and oxygen atoms in total. The van der Waals surface area contributed by atoms with E-state index in [2.05, 4.69) is 15.2 Å². The third kappa shape index (κ3) is 4.64. The highest BCUT2D eigenvalue weighted by Gasteiger charge is 2.35. The summed E-state index contributed by atoms with van der Waals surface area (Å²) in [6.07, 6.45) is 7.83. The van der Waals surface area contributed by atoms with E-state index in [-0.39, 0.29) is 35.9 Å². The predicted octanol–water partition coefficient (Wildman–Crippen LogP) is 5.02. The highest BCUT2D eigenvalue weighted by atomic mass is 35.5. The van der Waals surface area contributed by atoms with Crippen molar-refractivity contribution in [2.45, 2.75) is 50.6 Å². The van der Waals surface area contributed by atoms with Gasteiger partial charge in [-0.25, -0.2) is 8.78 Å². The van der Waals surface area contributed by atoms with E-state index in [9.17, 15) is 13.6 Å². The van der Waals surface area contributed by atoms with Crippen molar-refractivity contribution in [3.05, 3.63) is 64.9 Å². The van der Waals surface area contributed by atoms with Crippen LogP contribution in [0.25, 0.3) is 10.9 Å². The first-order chi connectivity index (χ1) is 16.0. The maximum absolute atomic E-state index is 14.4. The Hall–Kier alpha value is -2.64. The summed E-state index contributed by atoms with van der Waals surface area (Å²) in [5.41, 5.74) is 3.20. The Bertz CT molecular complexity index is 1180. The van der Waals surface area contributed by atoms with Crippen molar-refractivity contribution in [2.75, 3.05) is 20.2 Å². The van der Waals surface area contributed by atoms with Gasteiger partial charge in [-0.15, -0.1) is 12.4 Å². The Morgan fingerprint density at radius 3 is 2.76 bits per heavy atom. The van der Waals surface area contributed by atoms with Crippen molar-refractivity contribution in [3.8, 4) is 5.75 Å². The number of carbonyl (C=O) groups is 1. The molecule has 5 rings (SSSR count). The van der Waals surface area contributed by atoms with E-state index >= 15 is 0 Å². The van der Waals surface area contributed by atoms with Gasteiger partial charge in [0.25, 0.3) is 5.91 Å². The van der Waals surface area contributed by atoms with Gasteiger partial charge in [0, 0.05) is 47.4 Å². The summed E-state index contributed by atoms with van der Waals surface area (Å²) in [6.45, 7) is 1.29. The Labute approximate surface area is 204 Å². The third-order valence-electron chi connectivity index (χ3n) is 7.15. The first kappa shape index (κ1) is 24.5. The van der Waals surface area contributed by atoms with Gasteiger partial charge in [-0.1, -0.05) is 6.42 Å². The molecule has 1 amide bonds. The predicted molar refractivity (Wildman–Crippen MR) is 131 cm³/mol. The quantitative estimate of drug-likeness (QED) is 0.490. The molecule has 182 valence electrons. The molecule has 2 heterocycles. The number of halogens is 3. The van der Waals surface area contributed by atoms with Gasteiger partial charge in [-0.2, -0.15) is 0 Å². The molecule has 1 saturated carbocycles. The summed E-state index contributed by atoms with van der Waals surface area (Å²) in [4.78, 5) is 18.1. The monoisotopic (exact) mass is 489 g/mol.